The average Bonchev–Trinajstić information content (AvgIpc) is 3.02. The van der Waals surface area contributed by atoms with Crippen molar-refractivity contribution in [1.82, 2.24) is 9.80 Å². The molecule has 0 radical (unpaired) electrons. The highest BCUT2D eigenvalue weighted by Gasteiger charge is 2.53. The number of hydrogen-bond donors (Lipinski definition) is 0. The first-order chi connectivity index (χ1) is 14.6. The van der Waals surface area contributed by atoms with Gasteiger partial charge in [-0.05, 0) is 31.9 Å². The van der Waals surface area contributed by atoms with Gasteiger partial charge in [0.25, 0.3) is 5.92 Å². The summed E-state index contributed by atoms with van der Waals surface area (Å²) in [6, 6.07) is 19.2. The minimum atomic E-state index is -2.76. The zero-order valence-electron chi connectivity index (χ0n) is 18.3. The number of fused-ring (bicyclic) bond motifs is 1. The van der Waals surface area contributed by atoms with E-state index in [0.717, 1.165) is 11.1 Å². The van der Waals surface area contributed by atoms with Crippen LogP contribution in [0.5, 0.6) is 0 Å². The Morgan fingerprint density at radius 3 is 2.06 bits per heavy atom. The number of carbonyl (C=O) groups is 1. The Balaban J connectivity index is 1.73. The Labute approximate surface area is 182 Å². The van der Waals surface area contributed by atoms with Gasteiger partial charge in [-0.3, -0.25) is 4.90 Å². The molecule has 0 bridgehead atoms. The number of piperazine rings is 1. The molecule has 0 aliphatic carbocycles. The van der Waals surface area contributed by atoms with Crippen molar-refractivity contribution in [3.8, 4) is 0 Å². The van der Waals surface area contributed by atoms with E-state index >= 15 is 0 Å². The second-order valence-corrected chi connectivity index (χ2v) is 9.64. The van der Waals surface area contributed by atoms with Gasteiger partial charge >= 0.3 is 6.09 Å². The van der Waals surface area contributed by atoms with Crippen LogP contribution in [0.4, 0.5) is 13.6 Å². The fraction of sp³-hybridized carbons (Fsp3) is 0.480. The van der Waals surface area contributed by atoms with Crippen molar-refractivity contribution in [2.45, 2.75) is 56.7 Å². The Morgan fingerprint density at radius 1 is 1.00 bits per heavy atom. The van der Waals surface area contributed by atoms with Crippen LogP contribution in [0.15, 0.2) is 60.7 Å². The molecule has 2 saturated heterocycles. The van der Waals surface area contributed by atoms with Gasteiger partial charge in [-0.2, -0.15) is 0 Å². The van der Waals surface area contributed by atoms with Crippen molar-refractivity contribution >= 4 is 6.09 Å². The summed E-state index contributed by atoms with van der Waals surface area (Å²) in [5.41, 5.74) is 1.47. The summed E-state index contributed by atoms with van der Waals surface area (Å²) in [6.45, 7) is 5.78. The standard InChI is InChI=1S/C25H30F2N2O2/c1-24(2,3)31-23(30)28-15-20-14-25(26,27)17-29(20)21(16-28)22(18-10-6-4-7-11-18)19-12-8-5-9-13-19/h4-13,20-22H,14-17H2,1-3H3/t20-,21-/m0/s1. The number of nitrogens with zero attached hydrogens (tertiary/aromatic N) is 2. The van der Waals surface area contributed by atoms with E-state index in [2.05, 4.69) is 0 Å². The van der Waals surface area contributed by atoms with Crippen LogP contribution < -0.4 is 0 Å². The van der Waals surface area contributed by atoms with Gasteiger partial charge in [0.15, 0.2) is 0 Å². The van der Waals surface area contributed by atoms with Gasteiger partial charge in [-0.1, -0.05) is 60.7 Å². The number of rotatable bonds is 3. The number of benzene rings is 2. The normalized spacial score (nSPS) is 23.6. The van der Waals surface area contributed by atoms with E-state index in [1.807, 2.05) is 86.3 Å². The Hall–Kier alpha value is -2.47. The fourth-order valence-corrected chi connectivity index (χ4v) is 4.87. The zero-order chi connectivity index (χ0) is 22.2. The third-order valence-electron chi connectivity index (χ3n) is 6.04. The number of amides is 1. The van der Waals surface area contributed by atoms with Crippen LogP contribution in [0.3, 0.4) is 0 Å². The van der Waals surface area contributed by atoms with E-state index in [-0.39, 0.29) is 31.5 Å². The van der Waals surface area contributed by atoms with Crippen molar-refractivity contribution in [1.29, 1.82) is 0 Å². The summed E-state index contributed by atoms with van der Waals surface area (Å²) in [4.78, 5) is 16.4. The minimum Gasteiger partial charge on any atom is -0.444 e. The third kappa shape index (κ3) is 4.90. The second-order valence-electron chi connectivity index (χ2n) is 9.64. The van der Waals surface area contributed by atoms with Crippen LogP contribution in [0.2, 0.25) is 0 Å². The van der Waals surface area contributed by atoms with E-state index in [4.69, 9.17) is 4.74 Å². The molecule has 2 aromatic carbocycles. The molecular formula is C25H30F2N2O2. The first kappa shape index (κ1) is 21.8. The smallest absolute Gasteiger partial charge is 0.410 e. The third-order valence-corrected chi connectivity index (χ3v) is 6.04. The van der Waals surface area contributed by atoms with Gasteiger partial charge in [-0.15, -0.1) is 0 Å². The Bertz CT molecular complexity index is 859. The lowest BCUT2D eigenvalue weighted by atomic mass is 9.82. The van der Waals surface area contributed by atoms with Gasteiger partial charge in [0.2, 0.25) is 0 Å². The van der Waals surface area contributed by atoms with Crippen molar-refractivity contribution in [3.05, 3.63) is 71.8 Å². The maximum atomic E-state index is 14.5. The van der Waals surface area contributed by atoms with Crippen molar-refractivity contribution in [2.75, 3.05) is 19.6 Å². The number of halogens is 2. The highest BCUT2D eigenvalue weighted by Crippen LogP contribution is 2.42. The highest BCUT2D eigenvalue weighted by atomic mass is 19.3. The summed E-state index contributed by atoms with van der Waals surface area (Å²) in [7, 11) is 0. The second kappa shape index (κ2) is 8.23. The van der Waals surface area contributed by atoms with Crippen molar-refractivity contribution in [3.63, 3.8) is 0 Å². The summed E-state index contributed by atoms with van der Waals surface area (Å²) < 4.78 is 34.6. The maximum absolute atomic E-state index is 14.5. The molecule has 2 atom stereocenters. The molecule has 166 valence electrons. The summed E-state index contributed by atoms with van der Waals surface area (Å²) in [6.07, 6.45) is -0.675. The molecule has 6 heteroatoms. The molecule has 2 aliphatic heterocycles. The van der Waals surface area contributed by atoms with Crippen LogP contribution in [0.1, 0.15) is 44.2 Å². The van der Waals surface area contributed by atoms with Gasteiger partial charge in [0.05, 0.1) is 6.54 Å². The lowest BCUT2D eigenvalue weighted by Gasteiger charge is -2.46. The van der Waals surface area contributed by atoms with Gasteiger partial charge in [0, 0.05) is 37.5 Å². The molecule has 2 aliphatic rings. The molecule has 4 nitrogen and oxygen atoms in total. The maximum Gasteiger partial charge on any atom is 0.410 e. The summed E-state index contributed by atoms with van der Waals surface area (Å²) in [5.74, 6) is -2.89. The Morgan fingerprint density at radius 2 is 1.55 bits per heavy atom. The lowest BCUT2D eigenvalue weighted by molar-refractivity contribution is -0.0123. The van der Waals surface area contributed by atoms with E-state index in [9.17, 15) is 13.6 Å². The van der Waals surface area contributed by atoms with Crippen LogP contribution >= 0.6 is 0 Å². The fourth-order valence-electron chi connectivity index (χ4n) is 4.87. The number of carbonyl (C=O) groups excluding carboxylic acids is 1. The first-order valence-corrected chi connectivity index (χ1v) is 10.8. The predicted molar refractivity (Wildman–Crippen MR) is 116 cm³/mol. The average molecular weight is 429 g/mol. The van der Waals surface area contributed by atoms with Gasteiger partial charge in [0.1, 0.15) is 5.60 Å². The molecule has 2 aromatic rings. The van der Waals surface area contributed by atoms with E-state index in [0.29, 0.717) is 6.54 Å². The molecule has 0 unspecified atom stereocenters. The summed E-state index contributed by atoms with van der Waals surface area (Å²) >= 11 is 0. The predicted octanol–water partition coefficient (Wildman–Crippen LogP) is 5.15. The van der Waals surface area contributed by atoms with Crippen LogP contribution in [-0.2, 0) is 4.74 Å². The zero-order valence-corrected chi connectivity index (χ0v) is 18.3. The Kier molecular flexibility index (Phi) is 5.77. The molecular weight excluding hydrogens is 398 g/mol. The molecule has 2 heterocycles. The molecule has 0 saturated carbocycles. The highest BCUT2D eigenvalue weighted by molar-refractivity contribution is 5.68. The number of alkyl halides is 2. The van der Waals surface area contributed by atoms with E-state index in [1.54, 1.807) is 4.90 Å². The first-order valence-electron chi connectivity index (χ1n) is 10.8. The minimum absolute atomic E-state index is 0.135. The number of ether oxygens (including phenoxy) is 1. The van der Waals surface area contributed by atoms with Crippen LogP contribution in [0, 0.1) is 0 Å². The molecule has 2 fully saturated rings. The quantitative estimate of drug-likeness (QED) is 0.678. The molecule has 31 heavy (non-hydrogen) atoms. The van der Waals surface area contributed by atoms with Crippen molar-refractivity contribution in [2.24, 2.45) is 0 Å². The van der Waals surface area contributed by atoms with Crippen LogP contribution in [-0.4, -0.2) is 59.1 Å². The largest absolute Gasteiger partial charge is 0.444 e. The topological polar surface area (TPSA) is 32.8 Å². The molecule has 0 spiro atoms. The van der Waals surface area contributed by atoms with E-state index < -0.39 is 23.7 Å². The lowest BCUT2D eigenvalue weighted by Crippen LogP contribution is -2.60. The monoisotopic (exact) mass is 428 g/mol. The molecule has 1 amide bonds. The van der Waals surface area contributed by atoms with Crippen molar-refractivity contribution < 1.29 is 18.3 Å². The molecule has 4 rings (SSSR count). The van der Waals surface area contributed by atoms with Gasteiger partial charge < -0.3 is 9.64 Å². The van der Waals surface area contributed by atoms with Crippen LogP contribution in [0.25, 0.3) is 0 Å². The summed E-state index contributed by atoms with van der Waals surface area (Å²) in [5, 5.41) is 0. The van der Waals surface area contributed by atoms with Gasteiger partial charge in [-0.25, -0.2) is 13.6 Å². The number of hydrogen-bond acceptors (Lipinski definition) is 3. The van der Waals surface area contributed by atoms with E-state index in [1.165, 1.54) is 0 Å². The molecule has 0 aromatic heterocycles. The SMILES string of the molecule is CC(C)(C)OC(=O)N1C[C@@H]2CC(F)(F)CN2[C@H](C(c2ccccc2)c2ccccc2)C1. The molecule has 0 N–H and O–H groups in total.